The Morgan fingerprint density at radius 1 is 1.48 bits per heavy atom. The maximum Gasteiger partial charge on any atom is 0.339 e. The first-order chi connectivity index (χ1) is 9.76. The Kier molecular flexibility index (Phi) is 5.97. The smallest absolute Gasteiger partial charge is 0.339 e. The van der Waals surface area contributed by atoms with Gasteiger partial charge in [0.1, 0.15) is 10.5 Å². The highest BCUT2D eigenvalue weighted by Gasteiger charge is 2.27. The van der Waals surface area contributed by atoms with E-state index in [2.05, 4.69) is 4.72 Å². The highest BCUT2D eigenvalue weighted by Crippen LogP contribution is 2.32. The fourth-order valence-corrected chi connectivity index (χ4v) is 3.48. The summed E-state index contributed by atoms with van der Waals surface area (Å²) < 4.78 is 31.8. The number of ether oxygens (including phenoxy) is 1. The summed E-state index contributed by atoms with van der Waals surface area (Å²) in [6, 6.07) is 1.51. The normalized spacial score (nSPS) is 13.0. The van der Waals surface area contributed by atoms with Gasteiger partial charge >= 0.3 is 5.97 Å². The average Bonchev–Trinajstić information content (AvgIpc) is 2.43. The highest BCUT2D eigenvalue weighted by molar-refractivity contribution is 7.89. The molecule has 3 N–H and O–H groups in total. The Bertz CT molecular complexity index is 627. The van der Waals surface area contributed by atoms with Crippen molar-refractivity contribution in [3.63, 3.8) is 0 Å². The second kappa shape index (κ2) is 7.08. The molecule has 0 radical (unpaired) electrons. The molecule has 0 spiro atoms. The summed E-state index contributed by atoms with van der Waals surface area (Å²) in [7, 11) is -2.92. The van der Waals surface area contributed by atoms with Crippen molar-refractivity contribution in [2.45, 2.75) is 24.3 Å². The van der Waals surface area contributed by atoms with Gasteiger partial charge in [-0.25, -0.2) is 17.9 Å². The van der Waals surface area contributed by atoms with Crippen LogP contribution in [-0.2, 0) is 10.0 Å². The Labute approximate surface area is 127 Å². The zero-order valence-corrected chi connectivity index (χ0v) is 13.0. The first-order valence-electron chi connectivity index (χ1n) is 6.00. The topological polar surface area (TPSA) is 113 Å². The minimum absolute atomic E-state index is 0.0504. The predicted molar refractivity (Wildman–Crippen MR) is 76.4 cm³/mol. The molecule has 1 atom stereocenters. The van der Waals surface area contributed by atoms with E-state index >= 15 is 0 Å². The molecule has 0 aromatic heterocycles. The van der Waals surface area contributed by atoms with Gasteiger partial charge < -0.3 is 14.9 Å². The van der Waals surface area contributed by atoms with Crippen molar-refractivity contribution < 1.29 is 28.2 Å². The lowest BCUT2D eigenvalue weighted by molar-refractivity contribution is 0.0692. The molecule has 7 nitrogen and oxygen atoms in total. The highest BCUT2D eigenvalue weighted by atomic mass is 35.5. The Balaban J connectivity index is 3.44. The van der Waals surface area contributed by atoms with Crippen LogP contribution in [0.1, 0.15) is 23.7 Å². The van der Waals surface area contributed by atoms with Crippen molar-refractivity contribution in [2.75, 3.05) is 13.7 Å². The SMILES string of the molecule is CC[C@@H](CO)NS(=O)(=O)c1cc(Cl)cc(C(=O)O)c1OC. The van der Waals surface area contributed by atoms with Crippen LogP contribution in [0.3, 0.4) is 0 Å². The number of carboxylic acids is 1. The van der Waals surface area contributed by atoms with Crippen LogP contribution in [0.2, 0.25) is 5.02 Å². The molecule has 0 unspecified atom stereocenters. The molecule has 9 heteroatoms. The third-order valence-electron chi connectivity index (χ3n) is 2.78. The van der Waals surface area contributed by atoms with Gasteiger partial charge in [0.05, 0.1) is 13.7 Å². The van der Waals surface area contributed by atoms with E-state index in [0.717, 1.165) is 19.2 Å². The first-order valence-corrected chi connectivity index (χ1v) is 7.87. The van der Waals surface area contributed by atoms with Crippen molar-refractivity contribution in [2.24, 2.45) is 0 Å². The predicted octanol–water partition coefficient (Wildman–Crippen LogP) is 1.10. The molecular weight excluding hydrogens is 322 g/mol. The number of nitrogens with one attached hydrogen (secondary N) is 1. The number of carboxylic acid groups (broad SMARTS) is 1. The summed E-state index contributed by atoms with van der Waals surface area (Å²) in [5.41, 5.74) is -0.359. The molecular formula is C12H16ClNO6S. The molecule has 118 valence electrons. The van der Waals surface area contributed by atoms with E-state index in [1.165, 1.54) is 0 Å². The van der Waals surface area contributed by atoms with Gasteiger partial charge in [0.2, 0.25) is 10.0 Å². The van der Waals surface area contributed by atoms with E-state index in [1.54, 1.807) is 6.92 Å². The fourth-order valence-electron chi connectivity index (χ4n) is 1.67. The number of aliphatic hydroxyl groups excluding tert-OH is 1. The molecule has 0 saturated carbocycles. The molecule has 0 bridgehead atoms. The minimum Gasteiger partial charge on any atom is -0.494 e. The molecule has 1 aromatic rings. The molecule has 0 aliphatic rings. The van der Waals surface area contributed by atoms with Crippen molar-refractivity contribution in [3.05, 3.63) is 22.7 Å². The summed E-state index contributed by atoms with van der Waals surface area (Å²) in [5, 5.41) is 18.1. The van der Waals surface area contributed by atoms with E-state index in [0.29, 0.717) is 6.42 Å². The van der Waals surface area contributed by atoms with Gasteiger partial charge in [0.15, 0.2) is 5.75 Å². The monoisotopic (exact) mass is 337 g/mol. The molecule has 1 rings (SSSR count). The number of benzene rings is 1. The quantitative estimate of drug-likeness (QED) is 0.686. The van der Waals surface area contributed by atoms with Gasteiger partial charge in [-0.3, -0.25) is 0 Å². The Hall–Kier alpha value is -1.35. The summed E-state index contributed by atoms with van der Waals surface area (Å²) in [6.45, 7) is 1.31. The number of halogens is 1. The van der Waals surface area contributed by atoms with Crippen molar-refractivity contribution in [1.29, 1.82) is 0 Å². The zero-order chi connectivity index (χ0) is 16.2. The number of rotatable bonds is 7. The van der Waals surface area contributed by atoms with Gasteiger partial charge in [0, 0.05) is 11.1 Å². The fraction of sp³-hybridized carbons (Fsp3) is 0.417. The maximum absolute atomic E-state index is 12.3. The molecule has 1 aromatic carbocycles. The number of hydrogen-bond donors (Lipinski definition) is 3. The number of sulfonamides is 1. The summed E-state index contributed by atoms with van der Waals surface area (Å²) in [6.07, 6.45) is 0.365. The van der Waals surface area contributed by atoms with Crippen LogP contribution in [0.25, 0.3) is 0 Å². The van der Waals surface area contributed by atoms with E-state index in [4.69, 9.17) is 26.6 Å². The average molecular weight is 338 g/mol. The van der Waals surface area contributed by atoms with Gasteiger partial charge in [0.25, 0.3) is 0 Å². The first kappa shape index (κ1) is 17.7. The van der Waals surface area contributed by atoms with Crippen LogP contribution >= 0.6 is 11.6 Å². The van der Waals surface area contributed by atoms with Gasteiger partial charge in [-0.05, 0) is 18.6 Å². The van der Waals surface area contributed by atoms with Gasteiger partial charge in [-0.2, -0.15) is 0 Å². The van der Waals surface area contributed by atoms with Crippen LogP contribution in [0.5, 0.6) is 5.75 Å². The molecule has 0 saturated heterocycles. The third-order valence-corrected chi connectivity index (χ3v) is 4.52. The number of carbonyl (C=O) groups is 1. The maximum atomic E-state index is 12.3. The lowest BCUT2D eigenvalue weighted by atomic mass is 10.2. The standard InChI is InChI=1S/C12H16ClNO6S/c1-3-8(6-15)14-21(18,19)10-5-7(13)4-9(12(16)17)11(10)20-2/h4-5,8,14-15H,3,6H2,1-2H3,(H,16,17)/t8-/m0/s1. The van der Waals surface area contributed by atoms with E-state index in [9.17, 15) is 13.2 Å². The molecule has 0 heterocycles. The van der Waals surface area contributed by atoms with Crippen LogP contribution in [0, 0.1) is 0 Å². The van der Waals surface area contributed by atoms with Gasteiger partial charge in [-0.15, -0.1) is 0 Å². The van der Waals surface area contributed by atoms with Crippen molar-refractivity contribution in [3.8, 4) is 5.75 Å². The van der Waals surface area contributed by atoms with E-state index < -0.39 is 22.0 Å². The van der Waals surface area contributed by atoms with Crippen LogP contribution in [0.4, 0.5) is 0 Å². The lowest BCUT2D eigenvalue weighted by Crippen LogP contribution is -2.37. The summed E-state index contributed by atoms with van der Waals surface area (Å²) in [4.78, 5) is 10.8. The van der Waals surface area contributed by atoms with Crippen molar-refractivity contribution >= 4 is 27.6 Å². The molecule has 0 amide bonds. The van der Waals surface area contributed by atoms with E-state index in [1.807, 2.05) is 0 Å². The Morgan fingerprint density at radius 2 is 2.10 bits per heavy atom. The lowest BCUT2D eigenvalue weighted by Gasteiger charge is -2.17. The number of hydrogen-bond acceptors (Lipinski definition) is 5. The second-order valence-electron chi connectivity index (χ2n) is 4.20. The summed E-state index contributed by atoms with van der Waals surface area (Å²) >= 11 is 5.77. The van der Waals surface area contributed by atoms with Crippen LogP contribution in [-0.4, -0.2) is 44.4 Å². The molecule has 0 aliphatic heterocycles. The summed E-state index contributed by atoms with van der Waals surface area (Å²) in [5.74, 6) is -1.67. The number of aromatic carboxylic acids is 1. The van der Waals surface area contributed by atoms with Crippen LogP contribution < -0.4 is 9.46 Å². The molecule has 0 aliphatic carbocycles. The van der Waals surface area contributed by atoms with Gasteiger partial charge in [-0.1, -0.05) is 18.5 Å². The number of methoxy groups -OCH3 is 1. The molecule has 21 heavy (non-hydrogen) atoms. The minimum atomic E-state index is -4.09. The molecule has 0 fully saturated rings. The van der Waals surface area contributed by atoms with Crippen molar-refractivity contribution in [1.82, 2.24) is 4.72 Å². The third kappa shape index (κ3) is 4.07. The second-order valence-corrected chi connectivity index (χ2v) is 6.32. The van der Waals surface area contributed by atoms with Crippen LogP contribution in [0.15, 0.2) is 17.0 Å². The number of aliphatic hydroxyl groups is 1. The Morgan fingerprint density at radius 3 is 2.52 bits per heavy atom. The van der Waals surface area contributed by atoms with E-state index in [-0.39, 0.29) is 27.8 Å². The zero-order valence-electron chi connectivity index (χ0n) is 11.5. The largest absolute Gasteiger partial charge is 0.494 e.